The number of hydrogen-bond acceptors (Lipinski definition) is 6. The van der Waals surface area contributed by atoms with Crippen LogP contribution in [0.15, 0.2) is 35.0 Å². The van der Waals surface area contributed by atoms with Gasteiger partial charge in [0.2, 0.25) is 0 Å². The lowest BCUT2D eigenvalue weighted by Crippen LogP contribution is -2.63. The molecule has 31 heavy (non-hydrogen) atoms. The van der Waals surface area contributed by atoms with Crippen LogP contribution in [0, 0.1) is 12.3 Å². The molecule has 0 saturated heterocycles. The van der Waals surface area contributed by atoms with Crippen LogP contribution < -0.4 is 21.3 Å². The van der Waals surface area contributed by atoms with Gasteiger partial charge in [0.05, 0.1) is 27.1 Å². The molecule has 2 aromatic heterocycles. The zero-order valence-electron chi connectivity index (χ0n) is 18.0. The summed E-state index contributed by atoms with van der Waals surface area (Å²) in [6.07, 6.45) is 2.94. The lowest BCUT2D eigenvalue weighted by atomic mass is 9.88. The molecule has 9 heteroatoms. The Hall–Kier alpha value is -2.64. The molecule has 7 nitrogen and oxygen atoms in total. The molecule has 3 aromatic rings. The molecule has 2 unspecified atom stereocenters. The van der Waals surface area contributed by atoms with Gasteiger partial charge in [-0.25, -0.2) is 0 Å². The number of aryl methyl sites for hydroxylation is 1. The van der Waals surface area contributed by atoms with E-state index >= 15 is 0 Å². The first-order chi connectivity index (χ1) is 14.5. The van der Waals surface area contributed by atoms with Gasteiger partial charge < -0.3 is 25.7 Å². The molecule has 0 aliphatic carbocycles. The molecule has 0 fully saturated rings. The second kappa shape index (κ2) is 7.50. The first-order valence-electron chi connectivity index (χ1n) is 9.98. The van der Waals surface area contributed by atoms with Crippen molar-refractivity contribution in [2.75, 3.05) is 16.0 Å². The standard InChI is InChI=1S/C22H25Cl2N5O2/c1-11-8-13-17(31-11)7-6-16-18(13)28-22(27-16,20(30)26-12(2)21(3,4)5)29-19-14(23)9-25-10-15(19)24/h6-10,12,27-28H,1-5H3,(H,25,29)(H,26,30). The zero-order chi connectivity index (χ0) is 22.6. The van der Waals surface area contributed by atoms with Crippen molar-refractivity contribution in [3.63, 3.8) is 0 Å². The number of hydrogen-bond donors (Lipinski definition) is 4. The molecular formula is C22H25Cl2N5O2. The van der Waals surface area contributed by atoms with E-state index < -0.39 is 5.79 Å². The van der Waals surface area contributed by atoms with Gasteiger partial charge >= 0.3 is 0 Å². The van der Waals surface area contributed by atoms with Gasteiger partial charge in [-0.05, 0) is 37.5 Å². The minimum atomic E-state index is -1.43. The number of benzene rings is 1. The fraction of sp³-hybridized carbons (Fsp3) is 0.364. The Balaban J connectivity index is 1.78. The minimum absolute atomic E-state index is 0.106. The van der Waals surface area contributed by atoms with Gasteiger partial charge in [0.15, 0.2) is 0 Å². The normalized spacial score (nSPS) is 18.8. The highest BCUT2D eigenvalue weighted by atomic mass is 35.5. The molecule has 0 saturated carbocycles. The predicted molar refractivity (Wildman–Crippen MR) is 126 cm³/mol. The minimum Gasteiger partial charge on any atom is -0.461 e. The van der Waals surface area contributed by atoms with E-state index in [2.05, 4.69) is 47.0 Å². The summed E-state index contributed by atoms with van der Waals surface area (Å²) in [7, 11) is 0. The van der Waals surface area contributed by atoms with Crippen molar-refractivity contribution in [2.24, 2.45) is 5.41 Å². The van der Waals surface area contributed by atoms with E-state index in [1.807, 2.05) is 32.0 Å². The van der Waals surface area contributed by atoms with Crippen LogP contribution in [0.3, 0.4) is 0 Å². The number of pyridine rings is 1. The maximum Gasteiger partial charge on any atom is 0.288 e. The third kappa shape index (κ3) is 3.88. The molecular weight excluding hydrogens is 437 g/mol. The topological polar surface area (TPSA) is 91.2 Å². The number of amides is 1. The average molecular weight is 462 g/mol. The smallest absolute Gasteiger partial charge is 0.288 e. The zero-order valence-corrected chi connectivity index (χ0v) is 19.5. The number of fused-ring (bicyclic) bond motifs is 3. The van der Waals surface area contributed by atoms with Crippen molar-refractivity contribution in [3.05, 3.63) is 46.4 Å². The highest BCUT2D eigenvalue weighted by Gasteiger charge is 2.46. The molecule has 1 aliphatic rings. The summed E-state index contributed by atoms with van der Waals surface area (Å²) in [5.41, 5.74) is 2.49. The Bertz CT molecular complexity index is 1150. The molecule has 0 spiro atoms. The van der Waals surface area contributed by atoms with E-state index in [4.69, 9.17) is 27.6 Å². The summed E-state index contributed by atoms with van der Waals surface area (Å²) < 4.78 is 5.75. The van der Waals surface area contributed by atoms with Gasteiger partial charge in [-0.2, -0.15) is 0 Å². The van der Waals surface area contributed by atoms with E-state index in [1.165, 1.54) is 12.4 Å². The van der Waals surface area contributed by atoms with Crippen LogP contribution in [-0.2, 0) is 4.79 Å². The number of aromatic nitrogens is 1. The maximum atomic E-state index is 13.6. The summed E-state index contributed by atoms with van der Waals surface area (Å²) in [4.78, 5) is 17.6. The summed E-state index contributed by atoms with van der Waals surface area (Å²) in [6.45, 7) is 10.1. The maximum absolute atomic E-state index is 13.6. The summed E-state index contributed by atoms with van der Waals surface area (Å²) in [5, 5.41) is 14.4. The van der Waals surface area contributed by atoms with Crippen LogP contribution in [-0.4, -0.2) is 22.7 Å². The molecule has 164 valence electrons. The van der Waals surface area contributed by atoms with Gasteiger partial charge in [-0.1, -0.05) is 44.0 Å². The summed E-state index contributed by atoms with van der Waals surface area (Å²) in [5.74, 6) is -0.958. The van der Waals surface area contributed by atoms with E-state index in [-0.39, 0.29) is 17.4 Å². The van der Waals surface area contributed by atoms with Crippen molar-refractivity contribution in [2.45, 2.75) is 46.4 Å². The molecule has 4 N–H and O–H groups in total. The quantitative estimate of drug-likeness (QED) is 0.404. The lowest BCUT2D eigenvalue weighted by Gasteiger charge is -2.35. The fourth-order valence-electron chi connectivity index (χ4n) is 3.37. The van der Waals surface area contributed by atoms with Crippen molar-refractivity contribution < 1.29 is 9.21 Å². The Morgan fingerprint density at radius 1 is 1.19 bits per heavy atom. The summed E-state index contributed by atoms with van der Waals surface area (Å²) in [6, 6.07) is 5.56. The number of anilines is 3. The first-order valence-corrected chi connectivity index (χ1v) is 10.7. The third-order valence-electron chi connectivity index (χ3n) is 5.61. The SMILES string of the molecule is Cc1cc2c3c(ccc2o1)NC(Nc1c(Cl)cncc1Cl)(C(=O)NC(C)C(C)(C)C)N3. The monoisotopic (exact) mass is 461 g/mol. The van der Waals surface area contributed by atoms with Gasteiger partial charge in [0.25, 0.3) is 11.7 Å². The van der Waals surface area contributed by atoms with E-state index in [0.29, 0.717) is 15.7 Å². The highest BCUT2D eigenvalue weighted by Crippen LogP contribution is 2.42. The van der Waals surface area contributed by atoms with Gasteiger partial charge in [-0.3, -0.25) is 9.78 Å². The van der Waals surface area contributed by atoms with Crippen LogP contribution in [0.4, 0.5) is 17.1 Å². The van der Waals surface area contributed by atoms with Gasteiger partial charge in [0.1, 0.15) is 11.3 Å². The second-order valence-corrected chi connectivity index (χ2v) is 9.74. The number of nitrogens with one attached hydrogen (secondary N) is 4. The van der Waals surface area contributed by atoms with Gasteiger partial charge in [-0.15, -0.1) is 0 Å². The van der Waals surface area contributed by atoms with Crippen LogP contribution in [0.25, 0.3) is 11.0 Å². The van der Waals surface area contributed by atoms with Crippen LogP contribution in [0.5, 0.6) is 0 Å². The van der Waals surface area contributed by atoms with Crippen molar-refractivity contribution in [3.8, 4) is 0 Å². The molecule has 4 rings (SSSR count). The van der Waals surface area contributed by atoms with E-state index in [0.717, 1.165) is 28.1 Å². The molecule has 1 aliphatic heterocycles. The molecule has 2 atom stereocenters. The van der Waals surface area contributed by atoms with Crippen molar-refractivity contribution in [1.82, 2.24) is 10.3 Å². The Morgan fingerprint density at radius 3 is 2.52 bits per heavy atom. The second-order valence-electron chi connectivity index (χ2n) is 8.92. The molecule has 1 amide bonds. The summed E-state index contributed by atoms with van der Waals surface area (Å²) >= 11 is 12.7. The third-order valence-corrected chi connectivity index (χ3v) is 6.19. The number of nitrogens with zero attached hydrogens (tertiary/aromatic N) is 1. The Labute approximate surface area is 190 Å². The Kier molecular flexibility index (Phi) is 5.22. The van der Waals surface area contributed by atoms with E-state index in [9.17, 15) is 4.79 Å². The number of carbonyl (C=O) groups is 1. The fourth-order valence-corrected chi connectivity index (χ4v) is 3.83. The van der Waals surface area contributed by atoms with Gasteiger partial charge in [0, 0.05) is 23.8 Å². The molecule has 1 aromatic carbocycles. The van der Waals surface area contributed by atoms with Crippen LogP contribution in [0.1, 0.15) is 33.5 Å². The molecule has 0 bridgehead atoms. The average Bonchev–Trinajstić information content (AvgIpc) is 3.24. The highest BCUT2D eigenvalue weighted by molar-refractivity contribution is 6.39. The number of rotatable bonds is 4. The number of furan rings is 1. The Morgan fingerprint density at radius 2 is 1.87 bits per heavy atom. The first kappa shape index (κ1) is 21.6. The lowest BCUT2D eigenvalue weighted by molar-refractivity contribution is -0.125. The van der Waals surface area contributed by atoms with Crippen LogP contribution in [0.2, 0.25) is 10.0 Å². The number of halogens is 2. The van der Waals surface area contributed by atoms with Crippen molar-refractivity contribution >= 4 is 57.1 Å². The largest absolute Gasteiger partial charge is 0.461 e. The van der Waals surface area contributed by atoms with Crippen molar-refractivity contribution in [1.29, 1.82) is 0 Å². The number of carbonyl (C=O) groups excluding carboxylic acids is 1. The molecule has 3 heterocycles. The van der Waals surface area contributed by atoms with E-state index in [1.54, 1.807) is 0 Å². The predicted octanol–water partition coefficient (Wildman–Crippen LogP) is 5.60. The molecule has 0 radical (unpaired) electrons. The van der Waals surface area contributed by atoms with Crippen LogP contribution >= 0.6 is 23.2 Å².